The van der Waals surface area contributed by atoms with E-state index in [1.54, 1.807) is 18.3 Å². The lowest BCUT2D eigenvalue weighted by atomic mass is 10.0. The van der Waals surface area contributed by atoms with Crippen molar-refractivity contribution in [2.45, 2.75) is 0 Å². The lowest BCUT2D eigenvalue weighted by Crippen LogP contribution is -1.88. The third-order valence-corrected chi connectivity index (χ3v) is 3.09. The van der Waals surface area contributed by atoms with E-state index in [9.17, 15) is 4.39 Å². The maximum Gasteiger partial charge on any atom is 0.132 e. The second-order valence-corrected chi connectivity index (χ2v) is 4.44. The third kappa shape index (κ3) is 1.85. The standard InChI is InChI=1S/C15H9ClFN/c16-11-6-7-12(14(17)9-11)13-5-1-3-10-4-2-8-18-15(10)13/h1-9H. The molecule has 1 nitrogen and oxygen atoms in total. The average Bonchev–Trinajstić information content (AvgIpc) is 2.38. The molecule has 2 aromatic carbocycles. The van der Waals surface area contributed by atoms with Crippen molar-refractivity contribution in [3.05, 3.63) is 65.6 Å². The lowest BCUT2D eigenvalue weighted by molar-refractivity contribution is 0.631. The van der Waals surface area contributed by atoms with Crippen LogP contribution in [0.4, 0.5) is 4.39 Å². The third-order valence-electron chi connectivity index (χ3n) is 2.85. The van der Waals surface area contributed by atoms with Crippen LogP contribution in [0.1, 0.15) is 0 Å². The second-order valence-electron chi connectivity index (χ2n) is 4.00. The van der Waals surface area contributed by atoms with Crippen LogP contribution in [0.15, 0.2) is 54.7 Å². The molecule has 3 aromatic rings. The van der Waals surface area contributed by atoms with Crippen molar-refractivity contribution in [2.24, 2.45) is 0 Å². The largest absolute Gasteiger partial charge is 0.256 e. The number of hydrogen-bond donors (Lipinski definition) is 0. The number of hydrogen-bond acceptors (Lipinski definition) is 1. The van der Waals surface area contributed by atoms with Crippen molar-refractivity contribution in [1.29, 1.82) is 0 Å². The van der Waals surface area contributed by atoms with Gasteiger partial charge in [0.05, 0.1) is 5.52 Å². The van der Waals surface area contributed by atoms with Crippen molar-refractivity contribution in [1.82, 2.24) is 4.98 Å². The Bertz CT molecular complexity index is 719. The van der Waals surface area contributed by atoms with E-state index in [1.807, 2.05) is 30.3 Å². The van der Waals surface area contributed by atoms with Crippen molar-refractivity contribution < 1.29 is 4.39 Å². The average molecular weight is 258 g/mol. The fraction of sp³-hybridized carbons (Fsp3) is 0. The van der Waals surface area contributed by atoms with Crippen LogP contribution in [0.25, 0.3) is 22.0 Å². The summed E-state index contributed by atoms with van der Waals surface area (Å²) in [5.74, 6) is -0.333. The van der Waals surface area contributed by atoms with Gasteiger partial charge in [0.25, 0.3) is 0 Å². The molecule has 0 atom stereocenters. The highest BCUT2D eigenvalue weighted by Gasteiger charge is 2.09. The van der Waals surface area contributed by atoms with Gasteiger partial charge in [0, 0.05) is 27.7 Å². The Balaban J connectivity index is 2.31. The number of nitrogens with zero attached hydrogens (tertiary/aromatic N) is 1. The van der Waals surface area contributed by atoms with Crippen LogP contribution < -0.4 is 0 Å². The summed E-state index contributed by atoms with van der Waals surface area (Å²) in [4.78, 5) is 4.32. The minimum atomic E-state index is -0.333. The molecule has 3 heteroatoms. The molecule has 0 aliphatic heterocycles. The molecular weight excluding hydrogens is 249 g/mol. The van der Waals surface area contributed by atoms with E-state index in [-0.39, 0.29) is 5.82 Å². The molecular formula is C15H9ClFN. The highest BCUT2D eigenvalue weighted by molar-refractivity contribution is 6.30. The van der Waals surface area contributed by atoms with Crippen LogP contribution in [0.2, 0.25) is 5.02 Å². The van der Waals surface area contributed by atoms with Crippen LogP contribution >= 0.6 is 11.6 Å². The molecule has 0 amide bonds. The van der Waals surface area contributed by atoms with E-state index < -0.39 is 0 Å². The van der Waals surface area contributed by atoms with E-state index in [2.05, 4.69) is 4.98 Å². The van der Waals surface area contributed by atoms with E-state index in [0.29, 0.717) is 10.6 Å². The van der Waals surface area contributed by atoms with Crippen LogP contribution in [0.3, 0.4) is 0 Å². The molecule has 88 valence electrons. The van der Waals surface area contributed by atoms with E-state index in [4.69, 9.17) is 11.6 Å². The minimum absolute atomic E-state index is 0.333. The second kappa shape index (κ2) is 4.39. The van der Waals surface area contributed by atoms with Gasteiger partial charge >= 0.3 is 0 Å². The number of benzene rings is 2. The molecule has 0 aliphatic rings. The first-order chi connectivity index (χ1) is 8.75. The molecule has 0 saturated heterocycles. The van der Waals surface area contributed by atoms with E-state index >= 15 is 0 Å². The zero-order valence-electron chi connectivity index (χ0n) is 9.40. The molecule has 0 bridgehead atoms. The lowest BCUT2D eigenvalue weighted by Gasteiger charge is -2.07. The Labute approximate surface area is 109 Å². The van der Waals surface area contributed by atoms with E-state index in [0.717, 1.165) is 16.5 Å². The summed E-state index contributed by atoms with van der Waals surface area (Å²) >= 11 is 5.77. The van der Waals surface area contributed by atoms with Gasteiger partial charge in [-0.25, -0.2) is 4.39 Å². The Hall–Kier alpha value is -1.93. The smallest absolute Gasteiger partial charge is 0.132 e. The predicted octanol–water partition coefficient (Wildman–Crippen LogP) is 4.69. The highest BCUT2D eigenvalue weighted by Crippen LogP contribution is 2.30. The minimum Gasteiger partial charge on any atom is -0.256 e. The maximum absolute atomic E-state index is 14.0. The summed E-state index contributed by atoms with van der Waals surface area (Å²) < 4.78 is 14.0. The van der Waals surface area contributed by atoms with Crippen molar-refractivity contribution >= 4 is 22.5 Å². The van der Waals surface area contributed by atoms with Gasteiger partial charge in [-0.1, -0.05) is 35.9 Å². The summed E-state index contributed by atoms with van der Waals surface area (Å²) in [6.45, 7) is 0. The summed E-state index contributed by atoms with van der Waals surface area (Å²) in [6, 6.07) is 14.2. The predicted molar refractivity (Wildman–Crippen MR) is 72.1 cm³/mol. The molecule has 0 fully saturated rings. The monoisotopic (exact) mass is 257 g/mol. The van der Waals surface area contributed by atoms with Gasteiger partial charge in [-0.15, -0.1) is 0 Å². The summed E-state index contributed by atoms with van der Waals surface area (Å²) in [5, 5.41) is 1.38. The van der Waals surface area contributed by atoms with Gasteiger partial charge in [0.2, 0.25) is 0 Å². The number of pyridine rings is 1. The normalized spacial score (nSPS) is 10.8. The molecule has 0 spiro atoms. The van der Waals surface area contributed by atoms with Gasteiger partial charge in [-0.05, 0) is 24.3 Å². The van der Waals surface area contributed by atoms with Crippen molar-refractivity contribution in [2.75, 3.05) is 0 Å². The van der Waals surface area contributed by atoms with Gasteiger partial charge in [0.15, 0.2) is 0 Å². The van der Waals surface area contributed by atoms with Crippen molar-refractivity contribution in [3.8, 4) is 11.1 Å². The van der Waals surface area contributed by atoms with Gasteiger partial charge in [0.1, 0.15) is 5.82 Å². The zero-order valence-corrected chi connectivity index (χ0v) is 10.2. The quantitative estimate of drug-likeness (QED) is 0.616. The fourth-order valence-electron chi connectivity index (χ4n) is 2.03. The van der Waals surface area contributed by atoms with Gasteiger partial charge in [-0.3, -0.25) is 4.98 Å². The number of fused-ring (bicyclic) bond motifs is 1. The van der Waals surface area contributed by atoms with Crippen molar-refractivity contribution in [3.63, 3.8) is 0 Å². The summed E-state index contributed by atoms with van der Waals surface area (Å²) in [5.41, 5.74) is 2.09. The van der Waals surface area contributed by atoms with Gasteiger partial charge in [-0.2, -0.15) is 0 Å². The number of halogens is 2. The number of aromatic nitrogens is 1. The van der Waals surface area contributed by atoms with Crippen LogP contribution in [0, 0.1) is 5.82 Å². The van der Waals surface area contributed by atoms with Crippen LogP contribution in [-0.2, 0) is 0 Å². The Morgan fingerprint density at radius 3 is 2.61 bits per heavy atom. The Morgan fingerprint density at radius 2 is 1.78 bits per heavy atom. The fourth-order valence-corrected chi connectivity index (χ4v) is 2.19. The Kier molecular flexibility index (Phi) is 2.73. The summed E-state index contributed by atoms with van der Waals surface area (Å²) in [7, 11) is 0. The molecule has 1 heterocycles. The topological polar surface area (TPSA) is 12.9 Å². The van der Waals surface area contributed by atoms with E-state index in [1.165, 1.54) is 6.07 Å². The molecule has 0 unspecified atom stereocenters. The van der Waals surface area contributed by atoms with Gasteiger partial charge < -0.3 is 0 Å². The van der Waals surface area contributed by atoms with Crippen LogP contribution in [-0.4, -0.2) is 4.98 Å². The first-order valence-corrected chi connectivity index (χ1v) is 5.93. The molecule has 0 N–H and O–H groups in total. The summed E-state index contributed by atoms with van der Waals surface area (Å²) in [6.07, 6.45) is 1.71. The van der Waals surface area contributed by atoms with Crippen LogP contribution in [0.5, 0.6) is 0 Å². The zero-order chi connectivity index (χ0) is 12.5. The molecule has 0 saturated carbocycles. The molecule has 3 rings (SSSR count). The first-order valence-electron chi connectivity index (χ1n) is 5.55. The SMILES string of the molecule is Fc1cc(Cl)ccc1-c1cccc2cccnc12. The Morgan fingerprint density at radius 1 is 0.944 bits per heavy atom. The maximum atomic E-state index is 14.0. The number of rotatable bonds is 1. The molecule has 0 radical (unpaired) electrons. The highest BCUT2D eigenvalue weighted by atomic mass is 35.5. The molecule has 18 heavy (non-hydrogen) atoms. The molecule has 1 aromatic heterocycles. The molecule has 0 aliphatic carbocycles. The number of para-hydroxylation sites is 1. The first kappa shape index (κ1) is 11.2.